The van der Waals surface area contributed by atoms with Crippen molar-refractivity contribution in [3.63, 3.8) is 0 Å². The summed E-state index contributed by atoms with van der Waals surface area (Å²) in [4.78, 5) is 13.6. The second-order valence-corrected chi connectivity index (χ2v) is 5.21. The molecule has 0 atom stereocenters. The van der Waals surface area contributed by atoms with Gasteiger partial charge in [-0.15, -0.1) is 0 Å². The SMILES string of the molecule is CC(C)N(CC(N)=NO)C(=O)Nc1cc(Cl)ccc1Cl. The van der Waals surface area contributed by atoms with Gasteiger partial charge in [-0.25, -0.2) is 4.79 Å². The van der Waals surface area contributed by atoms with Crippen LogP contribution >= 0.6 is 23.2 Å². The van der Waals surface area contributed by atoms with E-state index >= 15 is 0 Å². The van der Waals surface area contributed by atoms with Gasteiger partial charge in [0.25, 0.3) is 0 Å². The van der Waals surface area contributed by atoms with Gasteiger partial charge in [0, 0.05) is 11.1 Å². The number of hydrogen-bond acceptors (Lipinski definition) is 3. The second-order valence-electron chi connectivity index (χ2n) is 4.37. The van der Waals surface area contributed by atoms with Crippen LogP contribution in [0.1, 0.15) is 13.8 Å². The van der Waals surface area contributed by atoms with Crippen LogP contribution in [0.5, 0.6) is 0 Å². The Hall–Kier alpha value is -1.66. The number of hydrogen-bond donors (Lipinski definition) is 3. The van der Waals surface area contributed by atoms with Crippen molar-refractivity contribution in [2.45, 2.75) is 19.9 Å². The largest absolute Gasteiger partial charge is 0.409 e. The highest BCUT2D eigenvalue weighted by Crippen LogP contribution is 2.25. The zero-order valence-corrected chi connectivity index (χ0v) is 12.6. The number of amides is 2. The monoisotopic (exact) mass is 318 g/mol. The first kappa shape index (κ1) is 16.4. The molecule has 6 nitrogen and oxygen atoms in total. The van der Waals surface area contributed by atoms with Crippen molar-refractivity contribution in [3.05, 3.63) is 28.2 Å². The van der Waals surface area contributed by atoms with Crippen LogP contribution in [-0.2, 0) is 0 Å². The molecular weight excluding hydrogens is 303 g/mol. The fourth-order valence-electron chi connectivity index (χ4n) is 1.48. The molecule has 0 fully saturated rings. The van der Waals surface area contributed by atoms with Gasteiger partial charge in [0.1, 0.15) is 0 Å². The number of nitrogens with two attached hydrogens (primary N) is 1. The summed E-state index contributed by atoms with van der Waals surface area (Å²) in [6.45, 7) is 3.62. The molecule has 0 unspecified atom stereocenters. The topological polar surface area (TPSA) is 90.9 Å². The highest BCUT2D eigenvalue weighted by Gasteiger charge is 2.19. The molecule has 0 spiro atoms. The molecule has 2 amide bonds. The molecule has 0 aliphatic carbocycles. The van der Waals surface area contributed by atoms with Crippen LogP contribution in [0.2, 0.25) is 10.0 Å². The number of carbonyl (C=O) groups is 1. The fraction of sp³-hybridized carbons (Fsp3) is 0.333. The lowest BCUT2D eigenvalue weighted by molar-refractivity contribution is 0.205. The molecule has 1 aromatic rings. The number of amidine groups is 1. The summed E-state index contributed by atoms with van der Waals surface area (Å²) < 4.78 is 0. The van der Waals surface area contributed by atoms with Crippen molar-refractivity contribution in [2.75, 3.05) is 11.9 Å². The molecule has 0 bridgehead atoms. The van der Waals surface area contributed by atoms with Gasteiger partial charge < -0.3 is 21.2 Å². The standard InChI is InChI=1S/C12H16Cl2N4O2/c1-7(2)18(6-11(15)17-20)12(19)16-10-5-8(13)3-4-9(10)14/h3-5,7,20H,6H2,1-2H3,(H2,15,17)(H,16,19). The lowest BCUT2D eigenvalue weighted by atomic mass is 10.3. The minimum absolute atomic E-state index is 0.00180. The van der Waals surface area contributed by atoms with Gasteiger partial charge in [0.05, 0.1) is 17.3 Å². The minimum Gasteiger partial charge on any atom is -0.409 e. The number of halogens is 2. The van der Waals surface area contributed by atoms with E-state index in [-0.39, 0.29) is 18.4 Å². The number of rotatable bonds is 4. The zero-order chi connectivity index (χ0) is 15.3. The lowest BCUT2D eigenvalue weighted by Gasteiger charge is -2.26. The van der Waals surface area contributed by atoms with E-state index < -0.39 is 6.03 Å². The van der Waals surface area contributed by atoms with E-state index in [1.54, 1.807) is 18.2 Å². The highest BCUT2D eigenvalue weighted by atomic mass is 35.5. The third-order valence-electron chi connectivity index (χ3n) is 2.52. The van der Waals surface area contributed by atoms with E-state index in [0.717, 1.165) is 0 Å². The van der Waals surface area contributed by atoms with E-state index in [2.05, 4.69) is 10.5 Å². The third-order valence-corrected chi connectivity index (χ3v) is 3.08. The van der Waals surface area contributed by atoms with Crippen LogP contribution in [0.3, 0.4) is 0 Å². The van der Waals surface area contributed by atoms with Gasteiger partial charge in [-0.2, -0.15) is 0 Å². The summed E-state index contributed by atoms with van der Waals surface area (Å²) in [6.07, 6.45) is 0. The third kappa shape index (κ3) is 4.47. The molecule has 1 aromatic carbocycles. The number of anilines is 1. The Morgan fingerprint density at radius 2 is 2.15 bits per heavy atom. The molecule has 110 valence electrons. The molecule has 0 radical (unpaired) electrons. The molecular formula is C12H16Cl2N4O2. The summed E-state index contributed by atoms with van der Waals surface area (Å²) in [5.41, 5.74) is 5.83. The Morgan fingerprint density at radius 3 is 2.70 bits per heavy atom. The molecule has 20 heavy (non-hydrogen) atoms. The van der Waals surface area contributed by atoms with Crippen molar-refractivity contribution in [3.8, 4) is 0 Å². The molecule has 0 saturated heterocycles. The number of nitrogens with zero attached hydrogens (tertiary/aromatic N) is 2. The number of nitrogens with one attached hydrogen (secondary N) is 1. The molecule has 0 aliphatic heterocycles. The lowest BCUT2D eigenvalue weighted by Crippen LogP contribution is -2.45. The normalized spacial score (nSPS) is 11.6. The molecule has 0 heterocycles. The van der Waals surface area contributed by atoms with E-state index in [9.17, 15) is 4.79 Å². The first-order chi connectivity index (χ1) is 9.35. The zero-order valence-electron chi connectivity index (χ0n) is 11.1. The maximum Gasteiger partial charge on any atom is 0.322 e. The van der Waals surface area contributed by atoms with E-state index in [4.69, 9.17) is 34.1 Å². The maximum atomic E-state index is 12.2. The van der Waals surface area contributed by atoms with Crippen molar-refractivity contribution >= 4 is 40.8 Å². The van der Waals surface area contributed by atoms with Crippen LogP contribution in [0.25, 0.3) is 0 Å². The predicted octanol–water partition coefficient (Wildman–Crippen LogP) is 2.98. The Kier molecular flexibility index (Phi) is 5.91. The van der Waals surface area contributed by atoms with Crippen molar-refractivity contribution in [1.82, 2.24) is 4.90 Å². The van der Waals surface area contributed by atoms with Crippen LogP contribution in [0.15, 0.2) is 23.4 Å². The highest BCUT2D eigenvalue weighted by molar-refractivity contribution is 6.35. The van der Waals surface area contributed by atoms with Gasteiger partial charge in [0.2, 0.25) is 0 Å². The number of carbonyl (C=O) groups excluding carboxylic acids is 1. The fourth-order valence-corrected chi connectivity index (χ4v) is 1.81. The van der Waals surface area contributed by atoms with E-state index in [1.165, 1.54) is 4.90 Å². The maximum absolute atomic E-state index is 12.2. The Balaban J connectivity index is 2.88. The van der Waals surface area contributed by atoms with Crippen molar-refractivity contribution in [2.24, 2.45) is 10.9 Å². The minimum atomic E-state index is -0.421. The van der Waals surface area contributed by atoms with Crippen LogP contribution in [0, 0.1) is 0 Å². The Bertz CT molecular complexity index is 520. The quantitative estimate of drug-likeness (QED) is 0.345. The van der Waals surface area contributed by atoms with Gasteiger partial charge in [-0.1, -0.05) is 28.4 Å². The molecule has 1 rings (SSSR count). The van der Waals surface area contributed by atoms with Gasteiger partial charge in [0.15, 0.2) is 5.84 Å². The van der Waals surface area contributed by atoms with Crippen molar-refractivity contribution in [1.29, 1.82) is 0 Å². The molecule has 0 aliphatic rings. The number of urea groups is 1. The molecule has 4 N–H and O–H groups in total. The predicted molar refractivity (Wildman–Crippen MR) is 80.7 cm³/mol. The summed E-state index contributed by atoms with van der Waals surface area (Å²) in [7, 11) is 0. The Labute approximate surface area is 127 Å². The summed E-state index contributed by atoms with van der Waals surface area (Å²) in [5.74, 6) is -0.0639. The van der Waals surface area contributed by atoms with Crippen LogP contribution in [-0.4, -0.2) is 34.6 Å². The van der Waals surface area contributed by atoms with Crippen LogP contribution in [0.4, 0.5) is 10.5 Å². The molecule has 0 aromatic heterocycles. The summed E-state index contributed by atoms with van der Waals surface area (Å²) in [5, 5.41) is 14.9. The smallest absolute Gasteiger partial charge is 0.322 e. The van der Waals surface area contributed by atoms with E-state index in [1.807, 2.05) is 13.8 Å². The van der Waals surface area contributed by atoms with Gasteiger partial charge >= 0.3 is 6.03 Å². The van der Waals surface area contributed by atoms with Gasteiger partial charge in [-0.3, -0.25) is 0 Å². The molecule has 0 saturated carbocycles. The number of benzene rings is 1. The first-order valence-electron chi connectivity index (χ1n) is 5.84. The summed E-state index contributed by atoms with van der Waals surface area (Å²) >= 11 is 11.8. The van der Waals surface area contributed by atoms with Gasteiger partial charge in [-0.05, 0) is 32.0 Å². The average molecular weight is 319 g/mol. The number of oxime groups is 1. The Morgan fingerprint density at radius 1 is 1.50 bits per heavy atom. The molecule has 8 heteroatoms. The van der Waals surface area contributed by atoms with Crippen molar-refractivity contribution < 1.29 is 10.0 Å². The van der Waals surface area contributed by atoms with E-state index in [0.29, 0.717) is 15.7 Å². The second kappa shape index (κ2) is 7.21. The van der Waals surface area contributed by atoms with Crippen LogP contribution < -0.4 is 11.1 Å². The summed E-state index contributed by atoms with van der Waals surface area (Å²) in [6, 6.07) is 4.19. The average Bonchev–Trinajstić information content (AvgIpc) is 2.39. The first-order valence-corrected chi connectivity index (χ1v) is 6.59.